The summed E-state index contributed by atoms with van der Waals surface area (Å²) < 4.78 is 8.11. The standard InChI is InChI=1S/C19H26N2O/c1-2-3-4-8-15-22-19(16-21-14-13-20-17-21)12-11-18-9-6-5-7-10-18/h5-7,9-14,17,19H,2-4,8,15-16H2,1H3/b12-11+. The molecule has 0 aliphatic heterocycles. The van der Waals surface area contributed by atoms with E-state index < -0.39 is 0 Å². The molecule has 0 aliphatic rings. The number of imidazole rings is 1. The number of ether oxygens (including phenoxy) is 1. The zero-order chi connectivity index (χ0) is 15.5. The average molecular weight is 298 g/mol. The second-order valence-electron chi connectivity index (χ2n) is 5.50. The van der Waals surface area contributed by atoms with Gasteiger partial charge in [-0.15, -0.1) is 0 Å². The van der Waals surface area contributed by atoms with Gasteiger partial charge >= 0.3 is 0 Å². The van der Waals surface area contributed by atoms with E-state index in [0.29, 0.717) is 0 Å². The Balaban J connectivity index is 1.87. The molecule has 0 spiro atoms. The number of rotatable bonds is 10. The summed E-state index contributed by atoms with van der Waals surface area (Å²) in [5.74, 6) is 0. The summed E-state index contributed by atoms with van der Waals surface area (Å²) in [5, 5.41) is 0. The number of benzene rings is 1. The van der Waals surface area contributed by atoms with E-state index in [1.54, 1.807) is 6.20 Å². The predicted octanol–water partition coefficient (Wildman–Crippen LogP) is 4.56. The van der Waals surface area contributed by atoms with Gasteiger partial charge in [-0.2, -0.15) is 0 Å². The molecule has 1 aromatic heterocycles. The topological polar surface area (TPSA) is 27.1 Å². The SMILES string of the molecule is CCCCCCOC(/C=C/c1ccccc1)Cn1ccnc1. The third kappa shape index (κ3) is 6.27. The van der Waals surface area contributed by atoms with Crippen LogP contribution in [-0.2, 0) is 11.3 Å². The Morgan fingerprint density at radius 2 is 2.05 bits per heavy atom. The second-order valence-corrected chi connectivity index (χ2v) is 5.50. The van der Waals surface area contributed by atoms with Crippen LogP contribution in [0, 0.1) is 0 Å². The lowest BCUT2D eigenvalue weighted by molar-refractivity contribution is 0.0710. The molecule has 3 heteroatoms. The molecule has 22 heavy (non-hydrogen) atoms. The summed E-state index contributed by atoms with van der Waals surface area (Å²) in [7, 11) is 0. The fourth-order valence-electron chi connectivity index (χ4n) is 2.32. The van der Waals surface area contributed by atoms with Crippen molar-refractivity contribution in [3.05, 3.63) is 60.7 Å². The van der Waals surface area contributed by atoms with Crippen molar-refractivity contribution in [3.63, 3.8) is 0 Å². The van der Waals surface area contributed by atoms with Crippen molar-refractivity contribution in [2.45, 2.75) is 45.3 Å². The van der Waals surface area contributed by atoms with Gasteiger partial charge in [0.1, 0.15) is 0 Å². The first-order valence-electron chi connectivity index (χ1n) is 8.19. The monoisotopic (exact) mass is 298 g/mol. The third-order valence-corrected chi connectivity index (χ3v) is 3.58. The fourth-order valence-corrected chi connectivity index (χ4v) is 2.32. The average Bonchev–Trinajstić information content (AvgIpc) is 3.06. The van der Waals surface area contributed by atoms with Crippen LogP contribution in [0.15, 0.2) is 55.1 Å². The van der Waals surface area contributed by atoms with E-state index in [9.17, 15) is 0 Å². The maximum absolute atomic E-state index is 6.05. The molecule has 1 atom stereocenters. The van der Waals surface area contributed by atoms with Crippen LogP contribution < -0.4 is 0 Å². The molecule has 1 aromatic carbocycles. The first-order valence-corrected chi connectivity index (χ1v) is 8.19. The lowest BCUT2D eigenvalue weighted by atomic mass is 10.2. The Morgan fingerprint density at radius 3 is 2.77 bits per heavy atom. The maximum atomic E-state index is 6.05. The van der Waals surface area contributed by atoms with Crippen LogP contribution in [-0.4, -0.2) is 22.3 Å². The van der Waals surface area contributed by atoms with Crippen LogP contribution in [0.4, 0.5) is 0 Å². The molecule has 3 nitrogen and oxygen atoms in total. The first-order chi connectivity index (χ1) is 10.9. The molecule has 118 valence electrons. The number of hydrogen-bond donors (Lipinski definition) is 0. The largest absolute Gasteiger partial charge is 0.372 e. The van der Waals surface area contributed by atoms with Crippen LogP contribution in [0.3, 0.4) is 0 Å². The van der Waals surface area contributed by atoms with E-state index in [2.05, 4.69) is 52.9 Å². The Bertz CT molecular complexity index is 520. The van der Waals surface area contributed by atoms with Gasteiger partial charge in [0.2, 0.25) is 0 Å². The van der Waals surface area contributed by atoms with Crippen molar-refractivity contribution >= 4 is 6.08 Å². The van der Waals surface area contributed by atoms with Crippen LogP contribution >= 0.6 is 0 Å². The highest BCUT2D eigenvalue weighted by atomic mass is 16.5. The highest BCUT2D eigenvalue weighted by Crippen LogP contribution is 2.08. The van der Waals surface area contributed by atoms with E-state index in [-0.39, 0.29) is 6.10 Å². The van der Waals surface area contributed by atoms with Crippen molar-refractivity contribution in [3.8, 4) is 0 Å². The van der Waals surface area contributed by atoms with Crippen molar-refractivity contribution in [1.29, 1.82) is 0 Å². The Kier molecular flexibility index (Phi) is 7.47. The highest BCUT2D eigenvalue weighted by Gasteiger charge is 2.06. The number of unbranched alkanes of at least 4 members (excludes halogenated alkanes) is 3. The van der Waals surface area contributed by atoms with Gasteiger partial charge in [0, 0.05) is 19.0 Å². The number of aromatic nitrogens is 2. The van der Waals surface area contributed by atoms with Gasteiger partial charge in [0.15, 0.2) is 0 Å². The summed E-state index contributed by atoms with van der Waals surface area (Å²) in [6, 6.07) is 10.3. The Labute approximate surface area is 133 Å². The third-order valence-electron chi connectivity index (χ3n) is 3.58. The van der Waals surface area contributed by atoms with Crippen molar-refractivity contribution in [2.75, 3.05) is 6.61 Å². The van der Waals surface area contributed by atoms with Gasteiger partial charge in [-0.1, -0.05) is 68.7 Å². The molecule has 0 amide bonds. The molecule has 0 fully saturated rings. The van der Waals surface area contributed by atoms with E-state index in [4.69, 9.17) is 4.74 Å². The minimum atomic E-state index is 0.0797. The molecule has 0 saturated heterocycles. The predicted molar refractivity (Wildman–Crippen MR) is 91.6 cm³/mol. The molecule has 2 rings (SSSR count). The van der Waals surface area contributed by atoms with Gasteiger partial charge in [-0.05, 0) is 12.0 Å². The molecule has 0 radical (unpaired) electrons. The summed E-state index contributed by atoms with van der Waals surface area (Å²) in [4.78, 5) is 4.10. The van der Waals surface area contributed by atoms with E-state index in [0.717, 1.165) is 19.6 Å². The lowest BCUT2D eigenvalue weighted by Gasteiger charge is -2.15. The number of hydrogen-bond acceptors (Lipinski definition) is 2. The molecule has 1 heterocycles. The highest BCUT2D eigenvalue weighted by molar-refractivity contribution is 5.49. The summed E-state index contributed by atoms with van der Waals surface area (Å²) in [6.07, 6.45) is 14.9. The fraction of sp³-hybridized carbons (Fsp3) is 0.421. The molecule has 0 aliphatic carbocycles. The van der Waals surface area contributed by atoms with Gasteiger partial charge < -0.3 is 9.30 Å². The quantitative estimate of drug-likeness (QED) is 0.601. The second kappa shape index (κ2) is 9.96. The lowest BCUT2D eigenvalue weighted by Crippen LogP contribution is -2.17. The minimum Gasteiger partial charge on any atom is -0.372 e. The molecule has 0 N–H and O–H groups in total. The smallest absolute Gasteiger partial charge is 0.0946 e. The van der Waals surface area contributed by atoms with Crippen LogP contribution in [0.1, 0.15) is 38.2 Å². The van der Waals surface area contributed by atoms with E-state index in [1.807, 2.05) is 18.6 Å². The van der Waals surface area contributed by atoms with Crippen LogP contribution in [0.25, 0.3) is 6.08 Å². The zero-order valence-corrected chi connectivity index (χ0v) is 13.4. The summed E-state index contributed by atoms with van der Waals surface area (Å²) in [5.41, 5.74) is 1.20. The summed E-state index contributed by atoms with van der Waals surface area (Å²) in [6.45, 7) is 3.85. The van der Waals surface area contributed by atoms with Gasteiger partial charge in [0.25, 0.3) is 0 Å². The first kappa shape index (κ1) is 16.5. The van der Waals surface area contributed by atoms with E-state index in [1.165, 1.54) is 24.8 Å². The molecule has 0 bridgehead atoms. The molecule has 2 aromatic rings. The Hall–Kier alpha value is -1.87. The Morgan fingerprint density at radius 1 is 1.18 bits per heavy atom. The van der Waals surface area contributed by atoms with Crippen molar-refractivity contribution < 1.29 is 4.74 Å². The van der Waals surface area contributed by atoms with Crippen LogP contribution in [0.5, 0.6) is 0 Å². The normalized spacial score (nSPS) is 12.8. The molecule has 0 saturated carbocycles. The number of nitrogens with zero attached hydrogens (tertiary/aromatic N) is 2. The van der Waals surface area contributed by atoms with Gasteiger partial charge in [-0.3, -0.25) is 0 Å². The molecule has 1 unspecified atom stereocenters. The minimum absolute atomic E-state index is 0.0797. The van der Waals surface area contributed by atoms with Gasteiger partial charge in [-0.25, -0.2) is 4.98 Å². The van der Waals surface area contributed by atoms with Crippen LogP contribution in [0.2, 0.25) is 0 Å². The maximum Gasteiger partial charge on any atom is 0.0946 e. The van der Waals surface area contributed by atoms with Crippen molar-refractivity contribution in [1.82, 2.24) is 9.55 Å². The van der Waals surface area contributed by atoms with E-state index >= 15 is 0 Å². The summed E-state index contributed by atoms with van der Waals surface area (Å²) >= 11 is 0. The zero-order valence-electron chi connectivity index (χ0n) is 13.4. The van der Waals surface area contributed by atoms with Gasteiger partial charge in [0.05, 0.1) is 19.0 Å². The molecular weight excluding hydrogens is 272 g/mol. The molecular formula is C19H26N2O. The van der Waals surface area contributed by atoms with Crippen molar-refractivity contribution in [2.24, 2.45) is 0 Å².